The maximum absolute atomic E-state index is 13.4. The normalized spacial score (nSPS) is 12.4. The van der Waals surface area contributed by atoms with Gasteiger partial charge in [0.05, 0.1) is 10.9 Å². The lowest BCUT2D eigenvalue weighted by molar-refractivity contribution is 0.0931. The van der Waals surface area contributed by atoms with Gasteiger partial charge in [0.1, 0.15) is 5.82 Å². The number of aromatic nitrogens is 2. The fourth-order valence-corrected chi connectivity index (χ4v) is 2.05. The zero-order chi connectivity index (χ0) is 15.6. The largest absolute Gasteiger partial charge is 0.348 e. The summed E-state index contributed by atoms with van der Waals surface area (Å²) in [5, 5.41) is 6.98. The number of carbonyl (C=O) groups excluding carboxylic acids is 1. The molecular formula is C15H18FN3O2. The molecule has 0 radical (unpaired) electrons. The Morgan fingerprint density at radius 3 is 2.76 bits per heavy atom. The second-order valence-electron chi connectivity index (χ2n) is 4.94. The molecule has 1 aromatic heterocycles. The Morgan fingerprint density at radius 1 is 1.43 bits per heavy atom. The summed E-state index contributed by atoms with van der Waals surface area (Å²) in [6.07, 6.45) is 0.746. The molecule has 0 saturated heterocycles. The quantitative estimate of drug-likeness (QED) is 0.938. The van der Waals surface area contributed by atoms with E-state index in [-0.39, 0.29) is 17.1 Å². The summed E-state index contributed by atoms with van der Waals surface area (Å²) in [5.74, 6) is -1.04. The van der Waals surface area contributed by atoms with Crippen LogP contribution >= 0.6 is 0 Å². The summed E-state index contributed by atoms with van der Waals surface area (Å²) in [4.78, 5) is 24.5. The summed E-state index contributed by atoms with van der Waals surface area (Å²) in [7, 11) is 0. The van der Waals surface area contributed by atoms with Crippen molar-refractivity contribution in [3.63, 3.8) is 0 Å². The second kappa shape index (κ2) is 6.03. The van der Waals surface area contributed by atoms with E-state index in [1.54, 1.807) is 0 Å². The highest BCUT2D eigenvalue weighted by Crippen LogP contribution is 2.12. The maximum atomic E-state index is 13.4. The standard InChI is InChI=1S/C15H18FN3O2/c1-4-9(3)17-15(21)13-14(20)11-8-10(16)6-7-12(11)19(5-2)18-13/h6-9H,4-5H2,1-3H3,(H,17,21). The van der Waals surface area contributed by atoms with Crippen molar-refractivity contribution in [2.24, 2.45) is 0 Å². The number of fused-ring (bicyclic) bond motifs is 1. The van der Waals surface area contributed by atoms with Crippen molar-refractivity contribution in [2.45, 2.75) is 39.8 Å². The number of carbonyl (C=O) groups is 1. The van der Waals surface area contributed by atoms with Crippen molar-refractivity contribution in [2.75, 3.05) is 0 Å². The fraction of sp³-hybridized carbons (Fsp3) is 0.400. The molecule has 0 aliphatic heterocycles. The lowest BCUT2D eigenvalue weighted by Gasteiger charge is -2.13. The van der Waals surface area contributed by atoms with Gasteiger partial charge in [-0.05, 0) is 38.5 Å². The Morgan fingerprint density at radius 2 is 2.14 bits per heavy atom. The Bertz CT molecular complexity index is 740. The van der Waals surface area contributed by atoms with Gasteiger partial charge in [0.25, 0.3) is 5.91 Å². The number of hydrogen-bond acceptors (Lipinski definition) is 3. The predicted molar refractivity (Wildman–Crippen MR) is 78.9 cm³/mol. The van der Waals surface area contributed by atoms with Crippen LogP contribution in [0.25, 0.3) is 10.9 Å². The van der Waals surface area contributed by atoms with E-state index < -0.39 is 17.2 Å². The Balaban J connectivity index is 2.62. The van der Waals surface area contributed by atoms with E-state index in [1.165, 1.54) is 16.8 Å². The minimum absolute atomic E-state index is 0.0583. The van der Waals surface area contributed by atoms with Crippen LogP contribution in [0.1, 0.15) is 37.7 Å². The third-order valence-corrected chi connectivity index (χ3v) is 3.42. The lowest BCUT2D eigenvalue weighted by Crippen LogP contribution is -2.37. The van der Waals surface area contributed by atoms with Crippen LogP contribution in [0.15, 0.2) is 23.0 Å². The zero-order valence-corrected chi connectivity index (χ0v) is 12.3. The first-order valence-electron chi connectivity index (χ1n) is 6.99. The van der Waals surface area contributed by atoms with E-state index in [9.17, 15) is 14.0 Å². The Labute approximate surface area is 121 Å². The maximum Gasteiger partial charge on any atom is 0.276 e. The van der Waals surface area contributed by atoms with Gasteiger partial charge in [-0.2, -0.15) is 5.10 Å². The van der Waals surface area contributed by atoms with Crippen LogP contribution in [0.5, 0.6) is 0 Å². The van der Waals surface area contributed by atoms with Gasteiger partial charge < -0.3 is 5.32 Å². The van der Waals surface area contributed by atoms with E-state index in [0.29, 0.717) is 12.1 Å². The molecule has 1 amide bonds. The first kappa shape index (κ1) is 15.2. The van der Waals surface area contributed by atoms with Gasteiger partial charge in [0.2, 0.25) is 5.43 Å². The van der Waals surface area contributed by atoms with E-state index in [0.717, 1.165) is 12.5 Å². The SMILES string of the molecule is CCC(C)NC(=O)c1nn(CC)c2ccc(F)cc2c1=O. The van der Waals surface area contributed by atoms with Crippen LogP contribution in [0.4, 0.5) is 4.39 Å². The third-order valence-electron chi connectivity index (χ3n) is 3.42. The van der Waals surface area contributed by atoms with E-state index >= 15 is 0 Å². The van der Waals surface area contributed by atoms with Crippen LogP contribution in [0.2, 0.25) is 0 Å². The number of aryl methyl sites for hydroxylation is 1. The van der Waals surface area contributed by atoms with Crippen LogP contribution in [0.3, 0.4) is 0 Å². The number of amides is 1. The summed E-state index contributed by atoms with van der Waals surface area (Å²) in [5.41, 5.74) is -0.228. The van der Waals surface area contributed by atoms with Crippen molar-refractivity contribution in [3.8, 4) is 0 Å². The summed E-state index contributed by atoms with van der Waals surface area (Å²) in [6.45, 7) is 6.10. The molecule has 112 valence electrons. The fourth-order valence-electron chi connectivity index (χ4n) is 2.05. The number of rotatable bonds is 4. The molecule has 21 heavy (non-hydrogen) atoms. The number of nitrogens with zero attached hydrogens (tertiary/aromatic N) is 2. The second-order valence-corrected chi connectivity index (χ2v) is 4.94. The Kier molecular flexibility index (Phi) is 4.35. The molecule has 0 fully saturated rings. The lowest BCUT2D eigenvalue weighted by atomic mass is 10.1. The number of hydrogen-bond donors (Lipinski definition) is 1. The summed E-state index contributed by atoms with van der Waals surface area (Å²) < 4.78 is 14.9. The highest BCUT2D eigenvalue weighted by atomic mass is 19.1. The average molecular weight is 291 g/mol. The summed E-state index contributed by atoms with van der Waals surface area (Å²) in [6, 6.07) is 3.86. The summed E-state index contributed by atoms with van der Waals surface area (Å²) >= 11 is 0. The van der Waals surface area contributed by atoms with Crippen molar-refractivity contribution < 1.29 is 9.18 Å². The molecule has 1 N–H and O–H groups in total. The Hall–Kier alpha value is -2.24. The molecule has 1 heterocycles. The van der Waals surface area contributed by atoms with E-state index in [4.69, 9.17) is 0 Å². The number of benzene rings is 1. The molecule has 2 rings (SSSR count). The van der Waals surface area contributed by atoms with Gasteiger partial charge in [-0.15, -0.1) is 0 Å². The van der Waals surface area contributed by atoms with E-state index in [2.05, 4.69) is 10.4 Å². The average Bonchev–Trinajstić information content (AvgIpc) is 2.47. The molecular weight excluding hydrogens is 273 g/mol. The highest BCUT2D eigenvalue weighted by molar-refractivity contribution is 5.95. The molecule has 0 aliphatic carbocycles. The first-order valence-corrected chi connectivity index (χ1v) is 6.99. The van der Waals surface area contributed by atoms with Crippen LogP contribution in [0, 0.1) is 5.82 Å². The van der Waals surface area contributed by atoms with Crippen molar-refractivity contribution >= 4 is 16.8 Å². The minimum Gasteiger partial charge on any atom is -0.348 e. The number of halogens is 1. The highest BCUT2D eigenvalue weighted by Gasteiger charge is 2.18. The van der Waals surface area contributed by atoms with Gasteiger partial charge >= 0.3 is 0 Å². The van der Waals surface area contributed by atoms with E-state index in [1.807, 2.05) is 20.8 Å². The minimum atomic E-state index is -0.546. The topological polar surface area (TPSA) is 64.0 Å². The zero-order valence-electron chi connectivity index (χ0n) is 12.3. The molecule has 1 atom stereocenters. The van der Waals surface area contributed by atoms with Crippen LogP contribution in [-0.2, 0) is 6.54 Å². The van der Waals surface area contributed by atoms with Crippen molar-refractivity contribution in [1.82, 2.24) is 15.1 Å². The molecule has 2 aromatic rings. The monoisotopic (exact) mass is 291 g/mol. The molecule has 0 bridgehead atoms. The first-order chi connectivity index (χ1) is 9.97. The van der Waals surface area contributed by atoms with Gasteiger partial charge in [0, 0.05) is 12.6 Å². The van der Waals surface area contributed by atoms with Gasteiger partial charge in [0.15, 0.2) is 5.69 Å². The van der Waals surface area contributed by atoms with Gasteiger partial charge in [-0.1, -0.05) is 6.92 Å². The molecule has 1 aromatic carbocycles. The molecule has 0 aliphatic rings. The molecule has 5 nitrogen and oxygen atoms in total. The van der Waals surface area contributed by atoms with Crippen LogP contribution < -0.4 is 10.7 Å². The molecule has 1 unspecified atom stereocenters. The van der Waals surface area contributed by atoms with Crippen LogP contribution in [-0.4, -0.2) is 21.7 Å². The van der Waals surface area contributed by atoms with Crippen molar-refractivity contribution in [1.29, 1.82) is 0 Å². The van der Waals surface area contributed by atoms with Gasteiger partial charge in [-0.25, -0.2) is 4.39 Å². The predicted octanol–water partition coefficient (Wildman–Crippen LogP) is 2.08. The van der Waals surface area contributed by atoms with Gasteiger partial charge in [-0.3, -0.25) is 14.3 Å². The molecule has 0 saturated carbocycles. The number of nitrogens with one attached hydrogen (secondary N) is 1. The third kappa shape index (κ3) is 2.94. The molecule has 6 heteroatoms. The smallest absolute Gasteiger partial charge is 0.276 e. The van der Waals surface area contributed by atoms with Crippen molar-refractivity contribution in [3.05, 3.63) is 39.9 Å². The molecule has 0 spiro atoms.